The Bertz CT molecular complexity index is 1560. The van der Waals surface area contributed by atoms with E-state index in [1.807, 2.05) is 76.3 Å². The molecule has 1 saturated heterocycles. The summed E-state index contributed by atoms with van der Waals surface area (Å²) >= 11 is 1.41. The Morgan fingerprint density at radius 2 is 1.68 bits per heavy atom. The predicted molar refractivity (Wildman–Crippen MR) is 151 cm³/mol. The van der Waals surface area contributed by atoms with Crippen LogP contribution in [0, 0.1) is 0 Å². The maximum absolute atomic E-state index is 13.2. The number of para-hydroxylation sites is 2. The Morgan fingerprint density at radius 1 is 0.921 bits per heavy atom. The molecule has 9 heteroatoms. The number of rotatable bonds is 7. The molecule has 1 fully saturated rings. The fourth-order valence-electron chi connectivity index (χ4n) is 4.85. The molecule has 0 aliphatic carbocycles. The standard InChI is InChI=1S/C29H28N6O2S/c1-37-23-11-7-10-22(18-23)35-28(25-19-30-26-13-6-5-12-24(25)26)31-32-29(35)38-20-27(36)34-16-14-33(15-17-34)21-8-3-2-4-9-21/h2-13,18-19,30H,14-17,20H2,1H3. The largest absolute Gasteiger partial charge is 0.497 e. The average Bonchev–Trinajstić information content (AvgIpc) is 3.60. The SMILES string of the molecule is COc1cccc(-n2c(SCC(=O)N3CCN(c4ccccc4)CC3)nnc2-c2c[nH]c3ccccc23)c1. The van der Waals surface area contributed by atoms with E-state index in [1.54, 1.807) is 7.11 Å². The highest BCUT2D eigenvalue weighted by Crippen LogP contribution is 2.33. The molecular formula is C29H28N6O2S. The quantitative estimate of drug-likeness (QED) is 0.306. The lowest BCUT2D eigenvalue weighted by Gasteiger charge is -2.36. The summed E-state index contributed by atoms with van der Waals surface area (Å²) in [4.78, 5) is 20.8. The van der Waals surface area contributed by atoms with E-state index in [0.29, 0.717) is 29.8 Å². The van der Waals surface area contributed by atoms with Crippen molar-refractivity contribution < 1.29 is 9.53 Å². The number of benzene rings is 3. The van der Waals surface area contributed by atoms with E-state index in [9.17, 15) is 4.79 Å². The number of anilines is 1. The van der Waals surface area contributed by atoms with E-state index >= 15 is 0 Å². The summed E-state index contributed by atoms with van der Waals surface area (Å²) in [5, 5.41) is 10.8. The van der Waals surface area contributed by atoms with Crippen LogP contribution in [0.25, 0.3) is 28.0 Å². The van der Waals surface area contributed by atoms with Gasteiger partial charge in [-0.3, -0.25) is 9.36 Å². The molecule has 3 heterocycles. The van der Waals surface area contributed by atoms with Gasteiger partial charge >= 0.3 is 0 Å². The van der Waals surface area contributed by atoms with Gasteiger partial charge in [-0.25, -0.2) is 0 Å². The fraction of sp³-hybridized carbons (Fsp3) is 0.207. The van der Waals surface area contributed by atoms with Gasteiger partial charge in [0, 0.05) is 60.6 Å². The number of ether oxygens (including phenoxy) is 1. The topological polar surface area (TPSA) is 79.3 Å². The highest BCUT2D eigenvalue weighted by atomic mass is 32.2. The van der Waals surface area contributed by atoms with Crippen molar-refractivity contribution in [2.45, 2.75) is 5.16 Å². The second-order valence-corrected chi connectivity index (χ2v) is 10.0. The molecule has 0 atom stereocenters. The number of piperazine rings is 1. The third-order valence-electron chi connectivity index (χ3n) is 6.85. The molecule has 3 aromatic carbocycles. The zero-order valence-electron chi connectivity index (χ0n) is 21.1. The van der Waals surface area contributed by atoms with Gasteiger partial charge in [0.15, 0.2) is 11.0 Å². The third kappa shape index (κ3) is 4.72. The second kappa shape index (κ2) is 10.6. The van der Waals surface area contributed by atoms with Gasteiger partial charge in [-0.1, -0.05) is 54.2 Å². The van der Waals surface area contributed by atoms with Crippen molar-refractivity contribution in [1.82, 2.24) is 24.6 Å². The van der Waals surface area contributed by atoms with Crippen LogP contribution in [-0.2, 0) is 4.79 Å². The fourth-order valence-corrected chi connectivity index (χ4v) is 5.70. The minimum Gasteiger partial charge on any atom is -0.497 e. The maximum atomic E-state index is 13.2. The zero-order valence-corrected chi connectivity index (χ0v) is 21.9. The molecule has 38 heavy (non-hydrogen) atoms. The first-order chi connectivity index (χ1) is 18.7. The number of nitrogens with one attached hydrogen (secondary N) is 1. The van der Waals surface area contributed by atoms with E-state index in [2.05, 4.69) is 38.3 Å². The number of nitrogens with zero attached hydrogens (tertiary/aromatic N) is 5. The van der Waals surface area contributed by atoms with Crippen molar-refractivity contribution in [1.29, 1.82) is 0 Å². The zero-order chi connectivity index (χ0) is 25.9. The van der Waals surface area contributed by atoms with Crippen LogP contribution in [0.3, 0.4) is 0 Å². The van der Waals surface area contributed by atoms with Crippen molar-refractivity contribution in [3.05, 3.63) is 85.1 Å². The Labute approximate surface area is 225 Å². The number of thioether (sulfide) groups is 1. The van der Waals surface area contributed by atoms with Crippen LogP contribution in [-0.4, -0.2) is 69.6 Å². The predicted octanol–water partition coefficient (Wildman–Crippen LogP) is 4.87. The summed E-state index contributed by atoms with van der Waals surface area (Å²) in [6.45, 7) is 3.06. The molecule has 1 aliphatic heterocycles. The van der Waals surface area contributed by atoms with Crippen LogP contribution in [0.15, 0.2) is 90.2 Å². The molecule has 8 nitrogen and oxygen atoms in total. The van der Waals surface area contributed by atoms with Gasteiger partial charge in [0.2, 0.25) is 5.91 Å². The number of carbonyl (C=O) groups excluding carboxylic acids is 1. The van der Waals surface area contributed by atoms with Crippen LogP contribution in [0.2, 0.25) is 0 Å². The Balaban J connectivity index is 1.23. The number of amides is 1. The van der Waals surface area contributed by atoms with Gasteiger partial charge in [-0.2, -0.15) is 0 Å². The lowest BCUT2D eigenvalue weighted by Crippen LogP contribution is -2.49. The van der Waals surface area contributed by atoms with Gasteiger partial charge in [0.05, 0.1) is 18.6 Å². The molecule has 1 N–H and O–H groups in total. The number of fused-ring (bicyclic) bond motifs is 1. The van der Waals surface area contributed by atoms with E-state index in [1.165, 1.54) is 17.4 Å². The summed E-state index contributed by atoms with van der Waals surface area (Å²) in [5.41, 5.74) is 4.05. The number of methoxy groups -OCH3 is 1. The summed E-state index contributed by atoms with van der Waals surface area (Å²) in [6, 6.07) is 26.3. The van der Waals surface area contributed by atoms with Crippen LogP contribution >= 0.6 is 11.8 Å². The number of hydrogen-bond acceptors (Lipinski definition) is 6. The van der Waals surface area contributed by atoms with Crippen molar-refractivity contribution >= 4 is 34.3 Å². The Hall–Kier alpha value is -4.24. The third-order valence-corrected chi connectivity index (χ3v) is 7.77. The van der Waals surface area contributed by atoms with Crippen molar-refractivity contribution in [3.63, 3.8) is 0 Å². The molecular weight excluding hydrogens is 496 g/mol. The number of aromatic amines is 1. The maximum Gasteiger partial charge on any atom is 0.233 e. The molecule has 0 spiro atoms. The summed E-state index contributed by atoms with van der Waals surface area (Å²) in [7, 11) is 1.65. The minimum atomic E-state index is 0.108. The van der Waals surface area contributed by atoms with E-state index in [-0.39, 0.29) is 5.91 Å². The monoisotopic (exact) mass is 524 g/mol. The Morgan fingerprint density at radius 3 is 2.50 bits per heavy atom. The van der Waals surface area contributed by atoms with Gasteiger partial charge in [0.1, 0.15) is 5.75 Å². The molecule has 2 aromatic heterocycles. The van der Waals surface area contributed by atoms with Gasteiger partial charge in [0.25, 0.3) is 0 Å². The minimum absolute atomic E-state index is 0.108. The second-order valence-electron chi connectivity index (χ2n) is 9.08. The van der Waals surface area contributed by atoms with Crippen LogP contribution in [0.4, 0.5) is 5.69 Å². The summed E-state index contributed by atoms with van der Waals surface area (Å²) in [6.07, 6.45) is 1.96. The van der Waals surface area contributed by atoms with E-state index in [0.717, 1.165) is 41.0 Å². The molecule has 6 rings (SSSR count). The van der Waals surface area contributed by atoms with Gasteiger partial charge in [-0.05, 0) is 30.3 Å². The number of aromatic nitrogens is 4. The first kappa shape index (κ1) is 24.1. The molecule has 1 aliphatic rings. The van der Waals surface area contributed by atoms with Crippen LogP contribution in [0.5, 0.6) is 5.75 Å². The molecule has 0 saturated carbocycles. The lowest BCUT2D eigenvalue weighted by atomic mass is 10.1. The number of carbonyl (C=O) groups is 1. The average molecular weight is 525 g/mol. The van der Waals surface area contributed by atoms with Gasteiger partial charge in [-0.15, -0.1) is 10.2 Å². The summed E-state index contributed by atoms with van der Waals surface area (Å²) < 4.78 is 7.48. The van der Waals surface area contributed by atoms with Crippen LogP contribution in [0.1, 0.15) is 0 Å². The Kier molecular flexibility index (Phi) is 6.75. The van der Waals surface area contributed by atoms with Crippen molar-refractivity contribution in [2.75, 3.05) is 43.9 Å². The molecule has 0 radical (unpaired) electrons. The lowest BCUT2D eigenvalue weighted by molar-refractivity contribution is -0.128. The molecule has 1 amide bonds. The van der Waals surface area contributed by atoms with Crippen LogP contribution < -0.4 is 9.64 Å². The van der Waals surface area contributed by atoms with E-state index < -0.39 is 0 Å². The first-order valence-electron chi connectivity index (χ1n) is 12.6. The molecule has 0 bridgehead atoms. The smallest absolute Gasteiger partial charge is 0.233 e. The molecule has 5 aromatic rings. The van der Waals surface area contributed by atoms with Gasteiger partial charge < -0.3 is 19.5 Å². The first-order valence-corrected chi connectivity index (χ1v) is 13.6. The molecule has 192 valence electrons. The summed E-state index contributed by atoms with van der Waals surface area (Å²) in [5.74, 6) is 1.85. The molecule has 0 unspecified atom stereocenters. The highest BCUT2D eigenvalue weighted by molar-refractivity contribution is 7.99. The highest BCUT2D eigenvalue weighted by Gasteiger charge is 2.24. The number of hydrogen-bond donors (Lipinski definition) is 1. The van der Waals surface area contributed by atoms with Crippen molar-refractivity contribution in [2.24, 2.45) is 0 Å². The number of H-pyrrole nitrogens is 1. The van der Waals surface area contributed by atoms with Crippen molar-refractivity contribution in [3.8, 4) is 22.8 Å². The normalized spacial score (nSPS) is 13.7. The van der Waals surface area contributed by atoms with E-state index in [4.69, 9.17) is 4.74 Å².